The quantitative estimate of drug-likeness (QED) is 0.143. The number of nitrogens with zero attached hydrogens (tertiary/aromatic N) is 1. The molecule has 0 saturated carbocycles. The number of esters is 1. The number of carbonyl (C=O) groups excluding carboxylic acids is 3. The average Bonchev–Trinajstić information content (AvgIpc) is 3.03. The molecule has 0 aromatic heterocycles. The van der Waals surface area contributed by atoms with Gasteiger partial charge in [0.25, 0.3) is 0 Å². The summed E-state index contributed by atoms with van der Waals surface area (Å²) in [6, 6.07) is 21.3. The first-order valence-corrected chi connectivity index (χ1v) is 15.3. The molecule has 3 rings (SSSR count). The Hall–Kier alpha value is -4.37. The summed E-state index contributed by atoms with van der Waals surface area (Å²) in [5.41, 5.74) is 2.67. The summed E-state index contributed by atoms with van der Waals surface area (Å²) >= 11 is 0. The summed E-state index contributed by atoms with van der Waals surface area (Å²) < 4.78 is 17.3. The Balaban J connectivity index is 1.69. The van der Waals surface area contributed by atoms with Crippen LogP contribution in [0.2, 0.25) is 0 Å². The van der Waals surface area contributed by atoms with Gasteiger partial charge in [-0.3, -0.25) is 9.59 Å². The molecule has 2 N–H and O–H groups in total. The molecule has 3 aromatic carbocycles. The third-order valence-electron chi connectivity index (χ3n) is 7.07. The SMILES string of the molecule is CCCCOc1cc(C(=O)OCCN(CC)CC)ccc1NC(=O)[C@@H](Cc1ccc(OCc2ccccc2)cc1)NC(C)=O. The van der Waals surface area contributed by atoms with Crippen molar-refractivity contribution in [1.82, 2.24) is 10.2 Å². The van der Waals surface area contributed by atoms with Gasteiger partial charge in [-0.25, -0.2) is 4.79 Å². The minimum atomic E-state index is -0.836. The normalized spacial score (nSPS) is 11.5. The summed E-state index contributed by atoms with van der Waals surface area (Å²) in [5, 5.41) is 5.64. The molecular weight excluding hydrogens is 558 g/mol. The van der Waals surface area contributed by atoms with Crippen LogP contribution in [-0.2, 0) is 27.4 Å². The van der Waals surface area contributed by atoms with Crippen molar-refractivity contribution >= 4 is 23.5 Å². The molecule has 2 amide bonds. The van der Waals surface area contributed by atoms with E-state index in [-0.39, 0.29) is 18.9 Å². The lowest BCUT2D eigenvalue weighted by molar-refractivity contribution is -0.125. The van der Waals surface area contributed by atoms with Gasteiger partial charge >= 0.3 is 5.97 Å². The van der Waals surface area contributed by atoms with Crippen molar-refractivity contribution < 1.29 is 28.6 Å². The molecule has 44 heavy (non-hydrogen) atoms. The molecule has 0 aliphatic heterocycles. The monoisotopic (exact) mass is 603 g/mol. The number of amides is 2. The molecule has 0 fully saturated rings. The zero-order valence-electron chi connectivity index (χ0n) is 26.3. The van der Waals surface area contributed by atoms with Crippen molar-refractivity contribution in [2.75, 3.05) is 38.2 Å². The van der Waals surface area contributed by atoms with E-state index >= 15 is 0 Å². The van der Waals surface area contributed by atoms with Crippen LogP contribution in [0.5, 0.6) is 11.5 Å². The minimum absolute atomic E-state index is 0.271. The Labute approximate surface area is 260 Å². The van der Waals surface area contributed by atoms with Crippen LogP contribution in [0.15, 0.2) is 72.8 Å². The Morgan fingerprint density at radius 2 is 1.57 bits per heavy atom. The highest BCUT2D eigenvalue weighted by Crippen LogP contribution is 2.27. The fourth-order valence-corrected chi connectivity index (χ4v) is 4.46. The van der Waals surface area contributed by atoms with Crippen LogP contribution in [0.1, 0.15) is 62.0 Å². The van der Waals surface area contributed by atoms with Gasteiger partial charge in [0.05, 0.1) is 17.9 Å². The van der Waals surface area contributed by atoms with Crippen molar-refractivity contribution in [1.29, 1.82) is 0 Å². The lowest BCUT2D eigenvalue weighted by Crippen LogP contribution is -2.44. The molecule has 9 heteroatoms. The van der Waals surface area contributed by atoms with Gasteiger partial charge in [-0.2, -0.15) is 0 Å². The highest BCUT2D eigenvalue weighted by atomic mass is 16.5. The highest BCUT2D eigenvalue weighted by molar-refractivity contribution is 5.99. The molecule has 0 saturated heterocycles. The first-order chi connectivity index (χ1) is 21.3. The predicted molar refractivity (Wildman–Crippen MR) is 172 cm³/mol. The maximum Gasteiger partial charge on any atom is 0.338 e. The van der Waals surface area contributed by atoms with E-state index in [1.54, 1.807) is 18.2 Å². The minimum Gasteiger partial charge on any atom is -0.491 e. The molecular formula is C35H45N3O6. The topological polar surface area (TPSA) is 106 Å². The van der Waals surface area contributed by atoms with Crippen molar-refractivity contribution in [3.05, 3.63) is 89.5 Å². The second-order valence-corrected chi connectivity index (χ2v) is 10.4. The Morgan fingerprint density at radius 1 is 0.841 bits per heavy atom. The predicted octanol–water partition coefficient (Wildman–Crippen LogP) is 5.63. The zero-order valence-corrected chi connectivity index (χ0v) is 26.3. The van der Waals surface area contributed by atoms with E-state index in [1.165, 1.54) is 6.92 Å². The van der Waals surface area contributed by atoms with Crippen molar-refractivity contribution in [2.45, 2.75) is 59.6 Å². The Bertz CT molecular complexity index is 1330. The van der Waals surface area contributed by atoms with Gasteiger partial charge in [0, 0.05) is 19.9 Å². The van der Waals surface area contributed by atoms with Crippen LogP contribution in [0.3, 0.4) is 0 Å². The van der Waals surface area contributed by atoms with Crippen molar-refractivity contribution in [3.8, 4) is 11.5 Å². The van der Waals surface area contributed by atoms with Crippen LogP contribution in [-0.4, -0.2) is 61.6 Å². The van der Waals surface area contributed by atoms with Crippen LogP contribution in [0, 0.1) is 0 Å². The molecule has 0 aliphatic rings. The molecule has 0 unspecified atom stereocenters. The van der Waals surface area contributed by atoms with Gasteiger partial charge in [-0.15, -0.1) is 0 Å². The van der Waals surface area contributed by atoms with Gasteiger partial charge in [-0.05, 0) is 61.0 Å². The van der Waals surface area contributed by atoms with Crippen molar-refractivity contribution in [2.24, 2.45) is 0 Å². The van der Waals surface area contributed by atoms with E-state index in [2.05, 4.69) is 36.3 Å². The summed E-state index contributed by atoms with van der Waals surface area (Å²) in [4.78, 5) is 40.4. The molecule has 3 aromatic rings. The highest BCUT2D eigenvalue weighted by Gasteiger charge is 2.22. The first kappa shape index (κ1) is 34.1. The van der Waals surface area contributed by atoms with Gasteiger partial charge in [0.1, 0.15) is 30.8 Å². The van der Waals surface area contributed by atoms with Gasteiger partial charge in [0.2, 0.25) is 11.8 Å². The van der Waals surface area contributed by atoms with E-state index in [0.717, 1.165) is 37.1 Å². The van der Waals surface area contributed by atoms with E-state index in [4.69, 9.17) is 14.2 Å². The first-order valence-electron chi connectivity index (χ1n) is 15.3. The molecule has 0 bridgehead atoms. The molecule has 0 spiro atoms. The van der Waals surface area contributed by atoms with E-state index < -0.39 is 17.9 Å². The second kappa shape index (κ2) is 18.3. The smallest absolute Gasteiger partial charge is 0.338 e. The van der Waals surface area contributed by atoms with Gasteiger partial charge < -0.3 is 29.7 Å². The number of hydrogen-bond acceptors (Lipinski definition) is 7. The third kappa shape index (κ3) is 11.4. The van der Waals surface area contributed by atoms with E-state index in [0.29, 0.717) is 42.5 Å². The van der Waals surface area contributed by atoms with Crippen molar-refractivity contribution in [3.63, 3.8) is 0 Å². The van der Waals surface area contributed by atoms with Crippen LogP contribution < -0.4 is 20.1 Å². The number of hydrogen-bond donors (Lipinski definition) is 2. The fraction of sp³-hybridized carbons (Fsp3) is 0.400. The maximum absolute atomic E-state index is 13.4. The standard InChI is InChI=1S/C35H45N3O6/c1-5-8-21-42-33-24-29(35(41)43-22-20-38(6-2)7-3)16-19-31(33)37-34(40)32(36-26(4)39)23-27-14-17-30(18-15-27)44-25-28-12-10-9-11-13-28/h9-19,24,32H,5-8,20-23,25H2,1-4H3,(H,36,39)(H,37,40)/t32-/m1/s1. The number of anilines is 1. The molecule has 9 nitrogen and oxygen atoms in total. The average molecular weight is 604 g/mol. The molecule has 0 heterocycles. The van der Waals surface area contributed by atoms with Crippen LogP contribution in [0.4, 0.5) is 5.69 Å². The van der Waals surface area contributed by atoms with Crippen LogP contribution in [0.25, 0.3) is 0 Å². The van der Waals surface area contributed by atoms with E-state index in [1.807, 2.05) is 54.6 Å². The van der Waals surface area contributed by atoms with Gasteiger partial charge in [-0.1, -0.05) is 69.7 Å². The molecule has 236 valence electrons. The zero-order chi connectivity index (χ0) is 31.7. The number of nitrogens with one attached hydrogen (secondary N) is 2. The molecule has 1 atom stereocenters. The van der Waals surface area contributed by atoms with Crippen LogP contribution >= 0.6 is 0 Å². The number of ether oxygens (including phenoxy) is 3. The summed E-state index contributed by atoms with van der Waals surface area (Å²) in [6.07, 6.45) is 2.01. The summed E-state index contributed by atoms with van der Waals surface area (Å²) in [5.74, 6) is -0.109. The number of rotatable bonds is 18. The summed E-state index contributed by atoms with van der Waals surface area (Å²) in [6.45, 7) is 11.1. The maximum atomic E-state index is 13.4. The number of benzene rings is 3. The van der Waals surface area contributed by atoms with Gasteiger partial charge in [0.15, 0.2) is 0 Å². The molecule has 0 radical (unpaired) electrons. The molecule has 0 aliphatic carbocycles. The number of carbonyl (C=O) groups is 3. The lowest BCUT2D eigenvalue weighted by atomic mass is 10.0. The second-order valence-electron chi connectivity index (χ2n) is 10.4. The third-order valence-corrected chi connectivity index (χ3v) is 7.07. The summed E-state index contributed by atoms with van der Waals surface area (Å²) in [7, 11) is 0. The van der Waals surface area contributed by atoms with E-state index in [9.17, 15) is 14.4 Å². The number of likely N-dealkylation sites (N-methyl/N-ethyl adjacent to an activating group) is 1. The Morgan fingerprint density at radius 3 is 2.23 bits per heavy atom. The number of unbranched alkanes of at least 4 members (excludes halogenated alkanes) is 1. The largest absolute Gasteiger partial charge is 0.491 e. The lowest BCUT2D eigenvalue weighted by Gasteiger charge is -2.20. The Kier molecular flexibility index (Phi) is 14.2. The fourth-order valence-electron chi connectivity index (χ4n) is 4.46.